The largest absolute Gasteiger partial charge is 2.00 e. The van der Waals surface area contributed by atoms with E-state index in [1.807, 2.05) is 13.8 Å². The summed E-state index contributed by atoms with van der Waals surface area (Å²) in [6, 6.07) is 54.7. The quantitative estimate of drug-likeness (QED) is 0.132. The molecule has 0 spiro atoms. The van der Waals surface area contributed by atoms with Crippen molar-refractivity contribution >= 4 is 41.8 Å². The van der Waals surface area contributed by atoms with Gasteiger partial charge in [-0.05, 0) is 38.1 Å². The molecule has 2 aliphatic rings. The summed E-state index contributed by atoms with van der Waals surface area (Å²) in [5.41, 5.74) is 8.31. The minimum absolute atomic E-state index is 0. The van der Waals surface area contributed by atoms with Crippen molar-refractivity contribution in [2.45, 2.75) is 75.0 Å². The van der Waals surface area contributed by atoms with Gasteiger partial charge in [0.05, 0.1) is 9.79 Å². The van der Waals surface area contributed by atoms with E-state index < -0.39 is 20.2 Å². The van der Waals surface area contributed by atoms with Crippen LogP contribution in [0.5, 0.6) is 0 Å². The minimum atomic E-state index is -4.02. The number of fused-ring (bicyclic) bond motifs is 4. The Balaban J connectivity index is 0.000000191. The predicted molar refractivity (Wildman–Crippen MR) is 238 cm³/mol. The molecule has 0 unspecified atom stereocenters. The molecule has 6 nitrogen and oxygen atoms in total. The maximum atomic E-state index is 10.5. The Morgan fingerprint density at radius 1 is 0.417 bits per heavy atom. The van der Waals surface area contributed by atoms with Gasteiger partial charge in [0.15, 0.2) is 0 Å². The summed E-state index contributed by atoms with van der Waals surface area (Å²) in [6.45, 7) is 3.68. The molecule has 2 N–H and O–H groups in total. The Morgan fingerprint density at radius 3 is 1.08 bits per heavy atom. The van der Waals surface area contributed by atoms with Gasteiger partial charge in [0.1, 0.15) is 0 Å². The average Bonchev–Trinajstić information content (AvgIpc) is 4.06. The summed E-state index contributed by atoms with van der Waals surface area (Å²) >= 11 is 0. The second-order valence-corrected chi connectivity index (χ2v) is 17.3. The second-order valence-electron chi connectivity index (χ2n) is 14.5. The van der Waals surface area contributed by atoms with E-state index in [1.54, 1.807) is 46.5 Å². The standard InChI is InChI=1S/2C9H11.2C9H7.2C7H8O3S.2Zr/c4*1-2-5-9-7-3-6-8(9)4-1;2*1-6-2-4-7(5-3-6)11(8,9)10;;/h2*3,6-7H,1-2,4-5H2;2*1-7H;2*2-5H,1H3,(H,8,9,10);;/q4*-1;;;2*+2. The van der Waals surface area contributed by atoms with Crippen LogP contribution >= 0.6 is 0 Å². The normalized spacial score (nSPS) is 12.5. The van der Waals surface area contributed by atoms with E-state index in [1.165, 1.54) is 97.2 Å². The molecular weight excluding hydrogens is 943 g/mol. The third-order valence-corrected chi connectivity index (χ3v) is 11.8. The van der Waals surface area contributed by atoms with Gasteiger partial charge in [-0.2, -0.15) is 98.4 Å². The zero-order valence-corrected chi connectivity index (χ0v) is 40.7. The topological polar surface area (TPSA) is 109 Å². The molecule has 8 aromatic carbocycles. The maximum Gasteiger partial charge on any atom is 2.00 e. The monoisotopic (exact) mass is 992 g/mol. The molecule has 0 bridgehead atoms. The number of aryl methyl sites for hydroxylation is 6. The van der Waals surface area contributed by atoms with Gasteiger partial charge in [-0.15, -0.1) is 59.3 Å². The van der Waals surface area contributed by atoms with Crippen LogP contribution in [0, 0.1) is 13.8 Å². The van der Waals surface area contributed by atoms with Crippen LogP contribution in [0.3, 0.4) is 0 Å². The smallest absolute Gasteiger partial charge is 0.282 e. The van der Waals surface area contributed by atoms with E-state index in [0.29, 0.717) is 0 Å². The van der Waals surface area contributed by atoms with Gasteiger partial charge in [-0.1, -0.05) is 98.9 Å². The predicted octanol–water partition coefficient (Wildman–Crippen LogP) is 12.2. The molecule has 0 atom stereocenters. The molecule has 308 valence electrons. The number of benzene rings is 4. The molecule has 8 aromatic rings. The fourth-order valence-electron chi connectivity index (χ4n) is 6.79. The molecule has 0 saturated heterocycles. The van der Waals surface area contributed by atoms with E-state index in [4.69, 9.17) is 9.11 Å². The summed E-state index contributed by atoms with van der Waals surface area (Å²) in [5.74, 6) is 0. The van der Waals surface area contributed by atoms with Gasteiger partial charge in [0, 0.05) is 0 Å². The van der Waals surface area contributed by atoms with Crippen molar-refractivity contribution in [2.24, 2.45) is 0 Å². The number of hydrogen-bond acceptors (Lipinski definition) is 4. The van der Waals surface area contributed by atoms with Crippen molar-refractivity contribution in [1.29, 1.82) is 0 Å². The Kier molecular flexibility index (Phi) is 21.4. The average molecular weight is 996 g/mol. The van der Waals surface area contributed by atoms with Gasteiger partial charge in [-0.3, -0.25) is 9.11 Å². The van der Waals surface area contributed by atoms with Crippen molar-refractivity contribution in [3.63, 3.8) is 0 Å². The fourth-order valence-corrected chi connectivity index (χ4v) is 7.75. The van der Waals surface area contributed by atoms with Crippen molar-refractivity contribution in [2.75, 3.05) is 0 Å². The minimum Gasteiger partial charge on any atom is -0.282 e. The third kappa shape index (κ3) is 16.7. The first-order chi connectivity index (χ1) is 27.9. The fraction of sp³-hybridized carbons (Fsp3) is 0.200. The molecular formula is C50H52O6S2Zr2. The van der Waals surface area contributed by atoms with E-state index >= 15 is 0 Å². The summed E-state index contributed by atoms with van der Waals surface area (Å²) < 4.78 is 59.1. The van der Waals surface area contributed by atoms with Crippen molar-refractivity contribution in [3.05, 3.63) is 203 Å². The number of rotatable bonds is 2. The zero-order valence-electron chi connectivity index (χ0n) is 34.2. The molecule has 0 amide bonds. The molecule has 0 aliphatic heterocycles. The first kappa shape index (κ1) is 50.7. The molecule has 0 aromatic heterocycles. The maximum absolute atomic E-state index is 10.5. The molecule has 0 heterocycles. The van der Waals surface area contributed by atoms with E-state index in [2.05, 4.69) is 121 Å². The van der Waals surface area contributed by atoms with Crippen molar-refractivity contribution < 1.29 is 78.3 Å². The van der Waals surface area contributed by atoms with E-state index in [9.17, 15) is 16.8 Å². The Labute approximate surface area is 394 Å². The van der Waals surface area contributed by atoms with Crippen LogP contribution in [-0.2, 0) is 98.3 Å². The first-order valence-corrected chi connectivity index (χ1v) is 22.5. The van der Waals surface area contributed by atoms with E-state index in [0.717, 1.165) is 11.1 Å². The summed E-state index contributed by atoms with van der Waals surface area (Å²) in [5, 5.41) is 5.32. The summed E-state index contributed by atoms with van der Waals surface area (Å²) in [7, 11) is -8.04. The van der Waals surface area contributed by atoms with Gasteiger partial charge >= 0.3 is 52.4 Å². The van der Waals surface area contributed by atoms with Gasteiger partial charge in [-0.25, -0.2) is 12.1 Å². The number of hydrogen-bond donors (Lipinski definition) is 2. The first-order valence-electron chi connectivity index (χ1n) is 19.6. The molecule has 0 radical (unpaired) electrons. The Morgan fingerprint density at radius 2 is 0.750 bits per heavy atom. The van der Waals surface area contributed by atoms with E-state index in [-0.39, 0.29) is 62.2 Å². The SMILES string of the molecule is Cc1ccc(S(=O)(=O)O)cc1.Cc1ccc(S(=O)(=O)O)cc1.[Zr+2].[Zr+2].c1cc2c([cH-]1)CCCC2.c1cc2c([cH-]1)CCCC2.c1ccc2[cH-]ccc2c1.c1ccc2[cH-]ccc2c1. The third-order valence-electron chi connectivity index (χ3n) is 10.0. The molecule has 0 fully saturated rings. The summed E-state index contributed by atoms with van der Waals surface area (Å²) in [6.07, 6.45) is 10.9. The van der Waals surface area contributed by atoms with Gasteiger partial charge in [0.25, 0.3) is 20.2 Å². The molecule has 2 aliphatic carbocycles. The van der Waals surface area contributed by atoms with Crippen molar-refractivity contribution in [3.8, 4) is 0 Å². The van der Waals surface area contributed by atoms with Crippen LogP contribution in [0.15, 0.2) is 180 Å². The molecule has 0 saturated carbocycles. The van der Waals surface area contributed by atoms with Crippen LogP contribution in [0.25, 0.3) is 21.5 Å². The van der Waals surface area contributed by atoms with Crippen LogP contribution in [0.2, 0.25) is 0 Å². The zero-order chi connectivity index (χ0) is 41.4. The van der Waals surface area contributed by atoms with Gasteiger partial charge < -0.3 is 0 Å². The second kappa shape index (κ2) is 25.4. The van der Waals surface area contributed by atoms with Crippen LogP contribution in [0.1, 0.15) is 59.1 Å². The van der Waals surface area contributed by atoms with Crippen LogP contribution in [-0.4, -0.2) is 25.9 Å². The Hall–Kier alpha value is -3.61. The van der Waals surface area contributed by atoms with Crippen LogP contribution < -0.4 is 0 Å². The molecule has 60 heavy (non-hydrogen) atoms. The van der Waals surface area contributed by atoms with Crippen LogP contribution in [0.4, 0.5) is 0 Å². The summed E-state index contributed by atoms with van der Waals surface area (Å²) in [4.78, 5) is -0.133. The van der Waals surface area contributed by atoms with Gasteiger partial charge in [0.2, 0.25) is 0 Å². The molecule has 10 rings (SSSR count). The molecule has 10 heteroatoms. The Bertz CT molecular complexity index is 2360. The van der Waals surface area contributed by atoms with Crippen molar-refractivity contribution in [1.82, 2.24) is 0 Å².